The minimum atomic E-state index is -4.62. The molecule has 0 aromatic heterocycles. The largest absolute Gasteiger partial charge is 0.511 e. The minimum Gasteiger partial charge on any atom is -0.430 e. The van der Waals surface area contributed by atoms with E-state index < -0.39 is 105 Å². The van der Waals surface area contributed by atoms with Crippen LogP contribution in [0.5, 0.6) is 0 Å². The smallest absolute Gasteiger partial charge is 0.430 e. The number of halogens is 6. The molecule has 542 valence electrons. The van der Waals surface area contributed by atoms with Gasteiger partial charge in [0.2, 0.25) is 18.6 Å². The molecule has 94 heavy (non-hydrogen) atoms. The number of carbonyl (C=O) groups excluding carboxylic acids is 7. The molecule has 0 radical (unpaired) electrons. The molecular weight excluding hydrogens is 1290 g/mol. The SMILES string of the molecule is CC1OC(=O)OC1COCCCN.CCCOCC1COC(=O)O1.CCCOCC1OC(=O)OC1C(F)(F)F.CCCOCC1OC(=O)OC1COCCC#N.CCCOCC1OC(=O)OC1F.CCCOCCC1COC(=O)O1.N#CCCOC(F)C1OC(=O)OC1F. The number of hydrogen-bond acceptors (Lipinski definition) is 32. The van der Waals surface area contributed by atoms with E-state index in [1.165, 1.54) is 0 Å². The van der Waals surface area contributed by atoms with Crippen LogP contribution < -0.4 is 5.73 Å². The molecule has 7 heterocycles. The van der Waals surface area contributed by atoms with E-state index >= 15 is 0 Å². The number of nitrogens with zero attached hydrogens (tertiary/aromatic N) is 2. The third-order valence-corrected chi connectivity index (χ3v) is 11.5. The molecular formula is C56H87F6N3O29. The zero-order valence-electron chi connectivity index (χ0n) is 53.2. The molecule has 0 aromatic carbocycles. The van der Waals surface area contributed by atoms with Crippen molar-refractivity contribution in [3.05, 3.63) is 0 Å². The normalized spacial score (nSPS) is 25.3. The Balaban J connectivity index is 0.000000551. The summed E-state index contributed by atoms with van der Waals surface area (Å²) in [5.41, 5.74) is 5.28. The Hall–Kier alpha value is -6.91. The third-order valence-electron chi connectivity index (χ3n) is 11.5. The van der Waals surface area contributed by atoms with E-state index in [4.69, 9.17) is 77.8 Å². The number of nitriles is 2. The fraction of sp³-hybridized carbons (Fsp3) is 0.839. The highest BCUT2D eigenvalue weighted by molar-refractivity contribution is 5.64. The molecule has 0 aromatic rings. The van der Waals surface area contributed by atoms with Crippen LogP contribution in [0.15, 0.2) is 0 Å². The molecule has 7 fully saturated rings. The predicted molar refractivity (Wildman–Crippen MR) is 299 cm³/mol. The highest BCUT2D eigenvalue weighted by Gasteiger charge is 2.54. The Kier molecular flexibility index (Phi) is 46.6. The maximum atomic E-state index is 12.9. The predicted octanol–water partition coefficient (Wildman–Crippen LogP) is 7.98. The van der Waals surface area contributed by atoms with Gasteiger partial charge in [-0.3, -0.25) is 0 Å². The fourth-order valence-electron chi connectivity index (χ4n) is 6.97. The van der Waals surface area contributed by atoms with Gasteiger partial charge in [0, 0.05) is 46.1 Å². The van der Waals surface area contributed by atoms with Crippen molar-refractivity contribution in [3.8, 4) is 12.1 Å². The molecule has 0 spiro atoms. The topological polar surface area (TPSA) is 396 Å². The molecule has 0 bridgehead atoms. The number of cyclic esters (lactones) is 14. The summed E-state index contributed by atoms with van der Waals surface area (Å²) in [7, 11) is 0. The minimum absolute atomic E-state index is 0.0289. The molecule has 38 heteroatoms. The van der Waals surface area contributed by atoms with Gasteiger partial charge in [0.25, 0.3) is 12.7 Å². The Bertz CT molecular complexity index is 2210. The quantitative estimate of drug-likeness (QED) is 0.0276. The monoisotopic (exact) mass is 1380 g/mol. The number of ether oxygens (including phenoxy) is 22. The van der Waals surface area contributed by atoms with Crippen molar-refractivity contribution in [3.63, 3.8) is 0 Å². The van der Waals surface area contributed by atoms with Crippen molar-refractivity contribution in [2.75, 3.05) is 119 Å². The Labute approximate surface area is 539 Å². The van der Waals surface area contributed by atoms with Crippen LogP contribution in [0.25, 0.3) is 0 Å². The molecule has 13 unspecified atom stereocenters. The van der Waals surface area contributed by atoms with Gasteiger partial charge in [-0.05, 0) is 52.0 Å². The van der Waals surface area contributed by atoms with Crippen molar-refractivity contribution >= 4 is 43.1 Å². The summed E-state index contributed by atoms with van der Waals surface area (Å²) < 4.78 is 179. The van der Waals surface area contributed by atoms with Crippen molar-refractivity contribution < 1.29 is 164 Å². The van der Waals surface area contributed by atoms with E-state index in [2.05, 4.69) is 49.6 Å². The number of nitrogens with two attached hydrogens (primary N) is 1. The molecule has 2 N–H and O–H groups in total. The van der Waals surface area contributed by atoms with Crippen molar-refractivity contribution in [1.29, 1.82) is 10.5 Å². The average Bonchev–Trinajstić information content (AvgIpc) is 1.76. The molecule has 0 saturated carbocycles. The van der Waals surface area contributed by atoms with Crippen LogP contribution in [0, 0.1) is 22.7 Å². The molecule has 7 rings (SSSR count). The average molecular weight is 1380 g/mol. The van der Waals surface area contributed by atoms with E-state index in [1.807, 2.05) is 33.8 Å². The van der Waals surface area contributed by atoms with Crippen LogP contribution in [-0.4, -0.2) is 248 Å². The second-order valence-electron chi connectivity index (χ2n) is 19.6. The van der Waals surface area contributed by atoms with Gasteiger partial charge in [0.05, 0.1) is 84.4 Å². The summed E-state index contributed by atoms with van der Waals surface area (Å²) in [6, 6.07) is 3.68. The van der Waals surface area contributed by atoms with Crippen LogP contribution in [0.2, 0.25) is 0 Å². The number of carbonyl (C=O) groups is 7. The van der Waals surface area contributed by atoms with Crippen molar-refractivity contribution in [2.24, 2.45) is 5.73 Å². The lowest BCUT2D eigenvalue weighted by Crippen LogP contribution is -2.40. The highest BCUT2D eigenvalue weighted by atomic mass is 19.4. The van der Waals surface area contributed by atoms with E-state index in [-0.39, 0.29) is 57.3 Å². The zero-order valence-corrected chi connectivity index (χ0v) is 53.2. The summed E-state index contributed by atoms with van der Waals surface area (Å²) in [5, 5.41) is 16.4. The first-order valence-electron chi connectivity index (χ1n) is 30.1. The maximum Gasteiger partial charge on any atom is 0.511 e. The summed E-state index contributed by atoms with van der Waals surface area (Å²) in [6.07, 6.45) is -18.2. The highest BCUT2D eigenvalue weighted by Crippen LogP contribution is 2.31. The molecule has 7 saturated heterocycles. The molecule has 7 aliphatic heterocycles. The molecule has 0 aliphatic carbocycles. The van der Waals surface area contributed by atoms with Gasteiger partial charge in [0.1, 0.15) is 25.4 Å². The summed E-state index contributed by atoms with van der Waals surface area (Å²) >= 11 is 0. The molecule has 7 aliphatic rings. The van der Waals surface area contributed by atoms with Gasteiger partial charge in [-0.25, -0.2) is 38.0 Å². The first-order chi connectivity index (χ1) is 45.0. The van der Waals surface area contributed by atoms with Gasteiger partial charge >= 0.3 is 49.3 Å². The van der Waals surface area contributed by atoms with E-state index in [0.29, 0.717) is 98.7 Å². The van der Waals surface area contributed by atoms with E-state index in [9.17, 15) is 59.9 Å². The first-order valence-corrected chi connectivity index (χ1v) is 30.1. The lowest BCUT2D eigenvalue weighted by atomic mass is 10.2. The Morgan fingerprint density at radius 3 is 1.35 bits per heavy atom. The lowest BCUT2D eigenvalue weighted by molar-refractivity contribution is -0.207. The van der Waals surface area contributed by atoms with Gasteiger partial charge in [-0.1, -0.05) is 34.6 Å². The van der Waals surface area contributed by atoms with Crippen LogP contribution in [0.3, 0.4) is 0 Å². The number of alkyl halides is 6. The Morgan fingerprint density at radius 2 is 0.883 bits per heavy atom. The lowest BCUT2D eigenvalue weighted by Gasteiger charge is -2.17. The summed E-state index contributed by atoms with van der Waals surface area (Å²) in [5.74, 6) is 0. The van der Waals surface area contributed by atoms with Crippen molar-refractivity contribution in [2.45, 2.75) is 186 Å². The van der Waals surface area contributed by atoms with E-state index in [1.54, 1.807) is 13.0 Å². The fourth-order valence-corrected chi connectivity index (χ4v) is 6.97. The van der Waals surface area contributed by atoms with Gasteiger partial charge in [-0.15, -0.1) is 0 Å². The molecule has 13 atom stereocenters. The first kappa shape index (κ1) is 85.1. The van der Waals surface area contributed by atoms with Crippen LogP contribution in [-0.2, 0) is 104 Å². The van der Waals surface area contributed by atoms with Crippen LogP contribution in [0.4, 0.5) is 59.9 Å². The Morgan fingerprint density at radius 1 is 0.468 bits per heavy atom. The molecule has 0 amide bonds. The summed E-state index contributed by atoms with van der Waals surface area (Å²) in [4.78, 5) is 73.7. The number of rotatable bonds is 34. The second-order valence-corrected chi connectivity index (χ2v) is 19.6. The standard InChI is InChI=1S/C11H17NO5.C8H11F3O4.C8H15NO4.C8H14O4.C7H7F2NO4.C7H11FO4.C7H12O4/c1-2-5-14-7-9-10(17-11(13)16-9)8-15-6-3-4-12;1-2-3-13-4-5-6(8(9,10)11)15-7(12)14-5;1-6-7(13-8(10)12-6)5-11-4-2-3-9;1-2-4-10-5-3-7-6-11-8(9)12-7;8-5(12-3-1-2-10)4-6(9)14-7(11)13-4;1-2-3-10-4-5-6(8)12-7(9)11-5;1-2-3-9-4-6-5-10-7(8)11-6/h9-10H,2-3,5-8H2,1H3;5-6H,2-4H2,1H3;6-7H,2-5,9H2,1H3;7H,2-6H2,1H3;4-6H,1,3H2;5-6H,2-4H2,1H3;6H,2-5H2,1H3. The number of hydrogen-bond donors (Lipinski definition) is 1. The van der Waals surface area contributed by atoms with Crippen LogP contribution in [0.1, 0.15) is 99.3 Å². The van der Waals surface area contributed by atoms with Gasteiger partial charge in [0.15, 0.2) is 36.6 Å². The second kappa shape index (κ2) is 51.4. The van der Waals surface area contributed by atoms with Crippen LogP contribution >= 0.6 is 0 Å². The van der Waals surface area contributed by atoms with Crippen molar-refractivity contribution in [1.82, 2.24) is 0 Å². The zero-order chi connectivity index (χ0) is 70.1. The van der Waals surface area contributed by atoms with Gasteiger partial charge in [-0.2, -0.15) is 32.5 Å². The van der Waals surface area contributed by atoms with Gasteiger partial charge < -0.3 is 110 Å². The summed E-state index contributed by atoms with van der Waals surface area (Å²) in [6.45, 7) is 18.3. The third kappa shape index (κ3) is 39.1. The maximum absolute atomic E-state index is 12.9. The van der Waals surface area contributed by atoms with E-state index in [0.717, 1.165) is 45.1 Å². The molecule has 32 nitrogen and oxygen atoms in total.